The lowest BCUT2D eigenvalue weighted by molar-refractivity contribution is -0.147. The number of piperidine rings is 1. The van der Waals surface area contributed by atoms with E-state index in [1.54, 1.807) is 0 Å². The van der Waals surface area contributed by atoms with Gasteiger partial charge in [-0.3, -0.25) is 4.79 Å². The third kappa shape index (κ3) is 2.74. The van der Waals surface area contributed by atoms with Crippen molar-refractivity contribution in [2.75, 3.05) is 33.2 Å². The normalized spacial score (nSPS) is 28.9. The summed E-state index contributed by atoms with van der Waals surface area (Å²) in [4.78, 5) is 15.4. The first-order valence-electron chi connectivity index (χ1n) is 6.32. The summed E-state index contributed by atoms with van der Waals surface area (Å²) in [5.41, 5.74) is 0. The molecule has 1 atom stereocenters. The second-order valence-corrected chi connectivity index (χ2v) is 5.21. The summed E-state index contributed by atoms with van der Waals surface area (Å²) in [5.74, 6) is -0.741. The van der Waals surface area contributed by atoms with Crippen molar-refractivity contribution < 1.29 is 9.90 Å². The molecule has 0 aliphatic carbocycles. The van der Waals surface area contributed by atoms with Gasteiger partial charge < -0.3 is 14.9 Å². The first kappa shape index (κ1) is 11.9. The molecule has 16 heavy (non-hydrogen) atoms. The molecule has 1 unspecified atom stereocenters. The maximum atomic E-state index is 10.7. The Morgan fingerprint density at radius 1 is 1.38 bits per heavy atom. The molecule has 0 amide bonds. The largest absolute Gasteiger partial charge is 0.481 e. The summed E-state index contributed by atoms with van der Waals surface area (Å²) in [5, 5.41) is 8.78. The minimum atomic E-state index is -0.633. The quantitative estimate of drug-likeness (QED) is 0.773. The van der Waals surface area contributed by atoms with Crippen molar-refractivity contribution in [1.29, 1.82) is 0 Å². The van der Waals surface area contributed by atoms with Crippen LogP contribution in [0.4, 0.5) is 0 Å². The van der Waals surface area contributed by atoms with E-state index < -0.39 is 5.97 Å². The molecule has 2 fully saturated rings. The SMILES string of the molecule is CN1CCCCC1CCN1CC(C(=O)O)C1. The molecule has 2 aliphatic heterocycles. The molecule has 2 aliphatic rings. The van der Waals surface area contributed by atoms with Crippen LogP contribution in [0.15, 0.2) is 0 Å². The van der Waals surface area contributed by atoms with Gasteiger partial charge in [-0.25, -0.2) is 0 Å². The number of hydrogen-bond acceptors (Lipinski definition) is 3. The van der Waals surface area contributed by atoms with Crippen LogP contribution < -0.4 is 0 Å². The molecular formula is C12H22N2O2. The van der Waals surface area contributed by atoms with Crippen molar-refractivity contribution in [3.63, 3.8) is 0 Å². The average molecular weight is 226 g/mol. The minimum absolute atomic E-state index is 0.107. The number of likely N-dealkylation sites (tertiary alicyclic amines) is 2. The van der Waals surface area contributed by atoms with Gasteiger partial charge in [0.1, 0.15) is 0 Å². The van der Waals surface area contributed by atoms with Crippen LogP contribution in [0.25, 0.3) is 0 Å². The second kappa shape index (κ2) is 5.15. The fraction of sp³-hybridized carbons (Fsp3) is 0.917. The average Bonchev–Trinajstić information content (AvgIpc) is 2.17. The van der Waals surface area contributed by atoms with E-state index in [4.69, 9.17) is 5.11 Å². The van der Waals surface area contributed by atoms with Crippen LogP contribution >= 0.6 is 0 Å². The maximum Gasteiger partial charge on any atom is 0.309 e. The summed E-state index contributed by atoms with van der Waals surface area (Å²) in [6.07, 6.45) is 5.19. The van der Waals surface area contributed by atoms with Crippen LogP contribution in [0.3, 0.4) is 0 Å². The number of aliphatic carboxylic acids is 1. The standard InChI is InChI=1S/C12H22N2O2/c1-13-6-3-2-4-11(13)5-7-14-8-10(9-14)12(15)16/h10-11H,2-9H2,1H3,(H,15,16). The predicted molar refractivity (Wildman–Crippen MR) is 62.5 cm³/mol. The molecule has 4 heteroatoms. The molecule has 0 saturated carbocycles. The van der Waals surface area contributed by atoms with E-state index in [2.05, 4.69) is 16.8 Å². The van der Waals surface area contributed by atoms with Crippen molar-refractivity contribution in [1.82, 2.24) is 9.80 Å². The number of hydrogen-bond donors (Lipinski definition) is 1. The molecule has 4 nitrogen and oxygen atoms in total. The summed E-state index contributed by atoms with van der Waals surface area (Å²) < 4.78 is 0. The molecule has 1 N–H and O–H groups in total. The van der Waals surface area contributed by atoms with Crippen LogP contribution in [-0.4, -0.2) is 60.1 Å². The first-order valence-corrected chi connectivity index (χ1v) is 6.32. The predicted octanol–water partition coefficient (Wildman–Crippen LogP) is 0.877. The molecule has 0 aromatic heterocycles. The summed E-state index contributed by atoms with van der Waals surface area (Å²) in [7, 11) is 2.21. The van der Waals surface area contributed by atoms with Gasteiger partial charge in [-0.2, -0.15) is 0 Å². The first-order chi connectivity index (χ1) is 7.66. The van der Waals surface area contributed by atoms with Gasteiger partial charge in [0.15, 0.2) is 0 Å². The highest BCUT2D eigenvalue weighted by Gasteiger charge is 2.32. The van der Waals surface area contributed by atoms with Crippen LogP contribution in [0.2, 0.25) is 0 Å². The van der Waals surface area contributed by atoms with Crippen LogP contribution in [0.1, 0.15) is 25.7 Å². The Labute approximate surface area is 97.2 Å². The Hall–Kier alpha value is -0.610. The van der Waals surface area contributed by atoms with E-state index in [0.29, 0.717) is 0 Å². The van der Waals surface area contributed by atoms with Crippen molar-refractivity contribution in [3.05, 3.63) is 0 Å². The maximum absolute atomic E-state index is 10.7. The number of rotatable bonds is 4. The third-order valence-corrected chi connectivity index (χ3v) is 4.01. The van der Waals surface area contributed by atoms with E-state index in [0.717, 1.165) is 25.7 Å². The lowest BCUT2D eigenvalue weighted by atomic mass is 9.96. The van der Waals surface area contributed by atoms with E-state index >= 15 is 0 Å². The van der Waals surface area contributed by atoms with Gasteiger partial charge in [-0.15, -0.1) is 0 Å². The molecule has 0 spiro atoms. The number of carboxylic acids is 1. The highest BCUT2D eigenvalue weighted by Crippen LogP contribution is 2.21. The highest BCUT2D eigenvalue weighted by atomic mass is 16.4. The van der Waals surface area contributed by atoms with Crippen molar-refractivity contribution in [3.8, 4) is 0 Å². The van der Waals surface area contributed by atoms with Gasteiger partial charge in [-0.1, -0.05) is 6.42 Å². The molecular weight excluding hydrogens is 204 g/mol. The molecule has 2 heterocycles. The van der Waals surface area contributed by atoms with Gasteiger partial charge in [0.25, 0.3) is 0 Å². The Kier molecular flexibility index (Phi) is 3.82. The zero-order valence-electron chi connectivity index (χ0n) is 10.1. The fourth-order valence-corrected chi connectivity index (χ4v) is 2.75. The van der Waals surface area contributed by atoms with Crippen LogP contribution in [-0.2, 0) is 4.79 Å². The number of carboxylic acid groups (broad SMARTS) is 1. The third-order valence-electron chi connectivity index (χ3n) is 4.01. The van der Waals surface area contributed by atoms with Gasteiger partial charge in [0.05, 0.1) is 5.92 Å². The molecule has 2 saturated heterocycles. The van der Waals surface area contributed by atoms with Crippen LogP contribution in [0, 0.1) is 5.92 Å². The Morgan fingerprint density at radius 3 is 2.75 bits per heavy atom. The van der Waals surface area contributed by atoms with Crippen molar-refractivity contribution in [2.45, 2.75) is 31.7 Å². The summed E-state index contributed by atoms with van der Waals surface area (Å²) in [6.45, 7) is 3.80. The fourth-order valence-electron chi connectivity index (χ4n) is 2.75. The van der Waals surface area contributed by atoms with E-state index in [9.17, 15) is 4.79 Å². The second-order valence-electron chi connectivity index (χ2n) is 5.21. The lowest BCUT2D eigenvalue weighted by Gasteiger charge is -2.39. The Balaban J connectivity index is 1.63. The van der Waals surface area contributed by atoms with E-state index in [1.807, 2.05) is 0 Å². The molecule has 0 bridgehead atoms. The van der Waals surface area contributed by atoms with Crippen molar-refractivity contribution >= 4 is 5.97 Å². The lowest BCUT2D eigenvalue weighted by Crippen LogP contribution is -2.51. The molecule has 2 rings (SSSR count). The smallest absolute Gasteiger partial charge is 0.309 e. The zero-order chi connectivity index (χ0) is 11.5. The molecule has 0 aromatic carbocycles. The Morgan fingerprint density at radius 2 is 2.12 bits per heavy atom. The summed E-state index contributed by atoms with van der Waals surface area (Å²) >= 11 is 0. The molecule has 92 valence electrons. The number of carbonyl (C=O) groups is 1. The zero-order valence-corrected chi connectivity index (χ0v) is 10.1. The molecule has 0 radical (unpaired) electrons. The Bertz CT molecular complexity index is 251. The highest BCUT2D eigenvalue weighted by molar-refractivity contribution is 5.71. The van der Waals surface area contributed by atoms with E-state index in [-0.39, 0.29) is 5.92 Å². The van der Waals surface area contributed by atoms with Crippen LogP contribution in [0.5, 0.6) is 0 Å². The van der Waals surface area contributed by atoms with Gasteiger partial charge >= 0.3 is 5.97 Å². The van der Waals surface area contributed by atoms with Gasteiger partial charge in [0.2, 0.25) is 0 Å². The molecule has 0 aromatic rings. The minimum Gasteiger partial charge on any atom is -0.481 e. The van der Waals surface area contributed by atoms with Gasteiger partial charge in [-0.05, 0) is 39.4 Å². The number of nitrogens with zero attached hydrogens (tertiary/aromatic N) is 2. The van der Waals surface area contributed by atoms with Gasteiger partial charge in [0, 0.05) is 19.1 Å². The summed E-state index contributed by atoms with van der Waals surface area (Å²) in [6, 6.07) is 0.720. The topological polar surface area (TPSA) is 43.8 Å². The van der Waals surface area contributed by atoms with Crippen molar-refractivity contribution in [2.24, 2.45) is 5.92 Å². The monoisotopic (exact) mass is 226 g/mol. The van der Waals surface area contributed by atoms with E-state index in [1.165, 1.54) is 32.2 Å².